The lowest BCUT2D eigenvalue weighted by molar-refractivity contribution is -0.113. The minimum Gasteiger partial charge on any atom is -0.477 e. The molecule has 0 saturated heterocycles. The molecule has 3 heterocycles. The first kappa shape index (κ1) is 22.6. The second-order valence-electron chi connectivity index (χ2n) is 7.47. The van der Waals surface area contributed by atoms with Crippen LogP contribution >= 0.6 is 22.9 Å². The number of anilines is 2. The van der Waals surface area contributed by atoms with Gasteiger partial charge in [-0.3, -0.25) is 15.4 Å². The number of hydrogen-bond acceptors (Lipinski definition) is 9. The van der Waals surface area contributed by atoms with Crippen LogP contribution in [0, 0.1) is 0 Å². The van der Waals surface area contributed by atoms with Crippen LogP contribution in [-0.4, -0.2) is 32.9 Å². The molecule has 4 aromatic rings. The number of aromatic nitrogens is 2. The molecule has 35 heavy (non-hydrogen) atoms. The summed E-state index contributed by atoms with van der Waals surface area (Å²) in [5.74, 6) is -1.29. The van der Waals surface area contributed by atoms with Gasteiger partial charge in [0.15, 0.2) is 10.7 Å². The van der Waals surface area contributed by atoms with Crippen LogP contribution in [0.3, 0.4) is 0 Å². The molecule has 12 heteroatoms. The molecule has 0 spiro atoms. The highest BCUT2D eigenvalue weighted by molar-refractivity contribution is 7.17. The Morgan fingerprint density at radius 3 is 2.69 bits per heavy atom. The first-order chi connectivity index (χ1) is 16.9. The van der Waals surface area contributed by atoms with E-state index in [4.69, 9.17) is 21.1 Å². The highest BCUT2D eigenvalue weighted by atomic mass is 35.5. The lowest BCUT2D eigenvalue weighted by Gasteiger charge is -2.26. The third-order valence-corrected chi connectivity index (χ3v) is 6.39. The van der Waals surface area contributed by atoms with Crippen LogP contribution in [0.2, 0.25) is 5.02 Å². The number of aliphatic imine (C=N–C) groups is 1. The maximum atomic E-state index is 13.3. The summed E-state index contributed by atoms with van der Waals surface area (Å²) in [7, 11) is 0. The average Bonchev–Trinajstić information content (AvgIpc) is 3.45. The molecule has 1 aliphatic rings. The molecule has 5 rings (SSSR count). The van der Waals surface area contributed by atoms with Gasteiger partial charge in [-0.2, -0.15) is 4.98 Å². The van der Waals surface area contributed by atoms with Crippen LogP contribution < -0.4 is 16.0 Å². The van der Waals surface area contributed by atoms with Gasteiger partial charge < -0.3 is 14.8 Å². The second kappa shape index (κ2) is 9.20. The number of guanidine groups is 1. The topological polar surface area (TPSA) is 142 Å². The van der Waals surface area contributed by atoms with Crippen molar-refractivity contribution in [3.05, 3.63) is 81.5 Å². The third kappa shape index (κ3) is 4.59. The van der Waals surface area contributed by atoms with Crippen molar-refractivity contribution in [2.75, 3.05) is 10.6 Å². The maximum absolute atomic E-state index is 13.3. The van der Waals surface area contributed by atoms with Crippen LogP contribution in [0.15, 0.2) is 75.4 Å². The summed E-state index contributed by atoms with van der Waals surface area (Å²) in [6.07, 6.45) is 1.19. The minimum atomic E-state index is -1.12. The molecule has 2 aromatic carbocycles. The quantitative estimate of drug-likeness (QED) is 0.305. The van der Waals surface area contributed by atoms with E-state index in [1.54, 1.807) is 37.3 Å². The van der Waals surface area contributed by atoms with Crippen molar-refractivity contribution in [3.8, 4) is 0 Å². The smallest absolute Gasteiger partial charge is 0.347 e. The number of halogens is 1. The SMILES string of the molecule is CC1=C(C(=O)Nc2ncc(C(=O)O)s2)C(c2ccccc2Cl)N=C(Nc2nc3ccccc3o2)N1. The molecule has 1 amide bonds. The normalized spacial score (nSPS) is 15.5. The zero-order valence-electron chi connectivity index (χ0n) is 18.1. The number of amides is 1. The number of carboxylic acid groups (broad SMARTS) is 1. The highest BCUT2D eigenvalue weighted by Gasteiger charge is 2.31. The number of carbonyl (C=O) groups excluding carboxylic acids is 1. The number of aromatic carboxylic acids is 1. The van der Waals surface area contributed by atoms with E-state index in [2.05, 4.69) is 30.9 Å². The molecular weight excluding hydrogens is 492 g/mol. The molecule has 176 valence electrons. The van der Waals surface area contributed by atoms with E-state index in [1.165, 1.54) is 6.20 Å². The maximum Gasteiger partial charge on any atom is 0.347 e. The van der Waals surface area contributed by atoms with Crippen LogP contribution in [0.5, 0.6) is 0 Å². The Morgan fingerprint density at radius 1 is 1.17 bits per heavy atom. The Kier molecular flexibility index (Phi) is 5.93. The minimum absolute atomic E-state index is 0.0123. The zero-order valence-corrected chi connectivity index (χ0v) is 19.6. The average molecular weight is 509 g/mol. The standard InChI is InChI=1S/C23H17ClN6O4S/c1-11-17(19(31)29-23-25-10-16(35-23)20(32)33)18(12-6-2-3-7-13(12)24)28-21(26-11)30-22-27-14-8-4-5-9-15(14)34-22/h2-10,18H,1H3,(H,32,33)(H,25,29,31)(H2,26,27,28,30). The number of nitrogens with zero attached hydrogens (tertiary/aromatic N) is 3. The zero-order chi connectivity index (χ0) is 24.5. The van der Waals surface area contributed by atoms with Crippen molar-refractivity contribution >= 4 is 63.0 Å². The van der Waals surface area contributed by atoms with Crippen LogP contribution in [-0.2, 0) is 4.79 Å². The molecule has 1 atom stereocenters. The summed E-state index contributed by atoms with van der Waals surface area (Å²) in [4.78, 5) is 37.5. The van der Waals surface area contributed by atoms with E-state index < -0.39 is 17.9 Å². The molecule has 1 unspecified atom stereocenters. The predicted octanol–water partition coefficient (Wildman–Crippen LogP) is 4.66. The Labute approximate surface area is 207 Å². The number of para-hydroxylation sites is 2. The Bertz CT molecular complexity index is 1490. The summed E-state index contributed by atoms with van der Waals surface area (Å²) in [6.45, 7) is 1.73. The van der Waals surface area contributed by atoms with Crippen LogP contribution in [0.1, 0.15) is 28.2 Å². The van der Waals surface area contributed by atoms with Gasteiger partial charge in [-0.1, -0.05) is 53.3 Å². The number of allylic oxidation sites excluding steroid dienone is 1. The number of carbonyl (C=O) groups is 2. The second-order valence-corrected chi connectivity index (χ2v) is 8.90. The Hall–Kier alpha value is -4.22. The fourth-order valence-corrected chi connectivity index (χ4v) is 4.47. The number of carboxylic acids is 1. The summed E-state index contributed by atoms with van der Waals surface area (Å²) in [5, 5.41) is 18.5. The molecule has 0 aliphatic carbocycles. The summed E-state index contributed by atoms with van der Waals surface area (Å²) in [6, 6.07) is 13.9. The lowest BCUT2D eigenvalue weighted by Crippen LogP contribution is -2.37. The predicted molar refractivity (Wildman–Crippen MR) is 133 cm³/mol. The largest absolute Gasteiger partial charge is 0.477 e. The van der Waals surface area contributed by atoms with Crippen LogP contribution in [0.25, 0.3) is 11.1 Å². The Balaban J connectivity index is 1.48. The lowest BCUT2D eigenvalue weighted by atomic mass is 9.95. The molecule has 1 aliphatic heterocycles. The van der Waals surface area contributed by atoms with Crippen molar-refractivity contribution < 1.29 is 19.1 Å². The van der Waals surface area contributed by atoms with Crippen molar-refractivity contribution in [1.29, 1.82) is 0 Å². The Morgan fingerprint density at radius 2 is 1.94 bits per heavy atom. The summed E-state index contributed by atoms with van der Waals surface area (Å²) >= 11 is 7.32. The first-order valence-electron chi connectivity index (χ1n) is 10.3. The molecule has 0 bridgehead atoms. The number of rotatable bonds is 5. The van der Waals surface area contributed by atoms with E-state index in [0.29, 0.717) is 38.9 Å². The van der Waals surface area contributed by atoms with E-state index in [-0.39, 0.29) is 16.0 Å². The summed E-state index contributed by atoms with van der Waals surface area (Å²) < 4.78 is 5.73. The van der Waals surface area contributed by atoms with Crippen molar-refractivity contribution in [1.82, 2.24) is 15.3 Å². The molecule has 4 N–H and O–H groups in total. The molecule has 2 aromatic heterocycles. The molecule has 0 saturated carbocycles. The fraction of sp³-hybridized carbons (Fsp3) is 0.0870. The van der Waals surface area contributed by atoms with Gasteiger partial charge >= 0.3 is 12.0 Å². The van der Waals surface area contributed by atoms with E-state index in [1.807, 2.05) is 18.2 Å². The van der Waals surface area contributed by atoms with Gasteiger partial charge in [0.2, 0.25) is 5.96 Å². The number of benzene rings is 2. The molecular formula is C23H17ClN6O4S. The fourth-order valence-electron chi connectivity index (χ4n) is 3.58. The van der Waals surface area contributed by atoms with Gasteiger partial charge in [0.05, 0.1) is 11.8 Å². The van der Waals surface area contributed by atoms with Crippen LogP contribution in [0.4, 0.5) is 11.1 Å². The van der Waals surface area contributed by atoms with E-state index >= 15 is 0 Å². The third-order valence-electron chi connectivity index (χ3n) is 5.14. The summed E-state index contributed by atoms with van der Waals surface area (Å²) in [5.41, 5.74) is 2.72. The van der Waals surface area contributed by atoms with Gasteiger partial charge in [-0.15, -0.1) is 0 Å². The van der Waals surface area contributed by atoms with Gasteiger partial charge in [-0.05, 0) is 25.1 Å². The van der Waals surface area contributed by atoms with Crippen molar-refractivity contribution in [3.63, 3.8) is 0 Å². The van der Waals surface area contributed by atoms with Gasteiger partial charge in [0, 0.05) is 16.3 Å². The van der Waals surface area contributed by atoms with Crippen molar-refractivity contribution in [2.45, 2.75) is 13.0 Å². The monoisotopic (exact) mass is 508 g/mol. The first-order valence-corrected chi connectivity index (χ1v) is 11.5. The number of hydrogen-bond donors (Lipinski definition) is 4. The van der Waals surface area contributed by atoms with Gasteiger partial charge in [0.1, 0.15) is 16.4 Å². The highest BCUT2D eigenvalue weighted by Crippen LogP contribution is 2.35. The molecule has 0 fully saturated rings. The van der Waals surface area contributed by atoms with Crippen molar-refractivity contribution in [2.24, 2.45) is 4.99 Å². The molecule has 0 radical (unpaired) electrons. The molecule has 10 nitrogen and oxygen atoms in total. The number of fused-ring (bicyclic) bond motifs is 1. The van der Waals surface area contributed by atoms with E-state index in [9.17, 15) is 9.59 Å². The van der Waals surface area contributed by atoms with Gasteiger partial charge in [-0.25, -0.2) is 14.8 Å². The van der Waals surface area contributed by atoms with Gasteiger partial charge in [0.25, 0.3) is 5.91 Å². The number of thiazole rings is 1. The number of oxazole rings is 1. The number of nitrogens with one attached hydrogen (secondary N) is 3. The van der Waals surface area contributed by atoms with E-state index in [0.717, 1.165) is 11.3 Å².